The number of likely N-dealkylation sites (N-methyl/N-ethyl adjacent to an activating group) is 1. The van der Waals surface area contributed by atoms with Crippen molar-refractivity contribution in [1.29, 1.82) is 0 Å². The smallest absolute Gasteiger partial charge is 0.234 e. The molecule has 1 atom stereocenters. The lowest BCUT2D eigenvalue weighted by atomic mass is 10.1. The van der Waals surface area contributed by atoms with Gasteiger partial charge in [-0.1, -0.05) is 37.3 Å². The zero-order chi connectivity index (χ0) is 12.7. The zero-order valence-electron chi connectivity index (χ0n) is 10.9. The second kappa shape index (κ2) is 7.07. The van der Waals surface area contributed by atoms with Gasteiger partial charge in [0.25, 0.3) is 0 Å². The molecular weight excluding hydrogens is 212 g/mol. The van der Waals surface area contributed by atoms with Gasteiger partial charge in [0.15, 0.2) is 0 Å². The van der Waals surface area contributed by atoms with Gasteiger partial charge in [-0.05, 0) is 26.0 Å². The number of carbonyl (C=O) groups is 1. The zero-order valence-corrected chi connectivity index (χ0v) is 10.9. The van der Waals surface area contributed by atoms with Gasteiger partial charge in [-0.15, -0.1) is 0 Å². The molecule has 1 aromatic rings. The summed E-state index contributed by atoms with van der Waals surface area (Å²) in [6.45, 7) is 5.36. The Bertz CT molecular complexity index is 337. The van der Waals surface area contributed by atoms with Crippen molar-refractivity contribution in [1.82, 2.24) is 10.2 Å². The van der Waals surface area contributed by atoms with Crippen molar-refractivity contribution in [2.24, 2.45) is 0 Å². The minimum absolute atomic E-state index is 0.0946. The largest absolute Gasteiger partial charge is 0.355 e. The maximum absolute atomic E-state index is 11.6. The lowest BCUT2D eigenvalue weighted by molar-refractivity contribution is -0.122. The van der Waals surface area contributed by atoms with Crippen molar-refractivity contribution in [3.05, 3.63) is 35.9 Å². The minimum atomic E-state index is 0.0946. The second-order valence-corrected chi connectivity index (χ2v) is 4.35. The summed E-state index contributed by atoms with van der Waals surface area (Å²) in [4.78, 5) is 13.7. The van der Waals surface area contributed by atoms with Gasteiger partial charge in [0.1, 0.15) is 0 Å². The Hall–Kier alpha value is -1.35. The molecule has 0 spiro atoms. The highest BCUT2D eigenvalue weighted by atomic mass is 16.2. The predicted octanol–water partition coefficient (Wildman–Crippen LogP) is 2.21. The molecule has 0 saturated heterocycles. The molecule has 0 unspecified atom stereocenters. The molecule has 0 fully saturated rings. The van der Waals surface area contributed by atoms with E-state index in [1.165, 1.54) is 5.56 Å². The molecular formula is C14H22N2O. The van der Waals surface area contributed by atoms with Crippen LogP contribution in [0.5, 0.6) is 0 Å². The Morgan fingerprint density at radius 3 is 2.59 bits per heavy atom. The number of nitrogens with one attached hydrogen (secondary N) is 1. The number of carbonyl (C=O) groups excluding carboxylic acids is 1. The van der Waals surface area contributed by atoms with Gasteiger partial charge < -0.3 is 5.32 Å². The summed E-state index contributed by atoms with van der Waals surface area (Å²) < 4.78 is 0. The third-order valence-corrected chi connectivity index (χ3v) is 2.91. The summed E-state index contributed by atoms with van der Waals surface area (Å²) in [6, 6.07) is 10.5. The standard InChI is InChI=1S/C14H22N2O/c1-4-10-15-14(17)11-16(3)12(2)13-8-6-5-7-9-13/h5-9,12H,4,10-11H2,1-3H3,(H,15,17)/t12-/m0/s1. The summed E-state index contributed by atoms with van der Waals surface area (Å²) in [5.74, 6) is 0.0946. The molecule has 3 heteroatoms. The van der Waals surface area contributed by atoms with Gasteiger partial charge >= 0.3 is 0 Å². The first-order valence-electron chi connectivity index (χ1n) is 6.17. The third kappa shape index (κ3) is 4.57. The molecule has 1 rings (SSSR count). The highest BCUT2D eigenvalue weighted by Gasteiger charge is 2.13. The van der Waals surface area contributed by atoms with Crippen LogP contribution < -0.4 is 5.32 Å². The SMILES string of the molecule is CCCNC(=O)CN(C)[C@@H](C)c1ccccc1. The van der Waals surface area contributed by atoms with Crippen LogP contribution in [0.3, 0.4) is 0 Å². The second-order valence-electron chi connectivity index (χ2n) is 4.35. The van der Waals surface area contributed by atoms with Gasteiger partial charge in [0.2, 0.25) is 5.91 Å². The first kappa shape index (κ1) is 13.7. The average molecular weight is 234 g/mol. The molecule has 0 aliphatic carbocycles. The van der Waals surface area contributed by atoms with Crippen LogP contribution in [0.25, 0.3) is 0 Å². The fourth-order valence-corrected chi connectivity index (χ4v) is 1.67. The highest BCUT2D eigenvalue weighted by molar-refractivity contribution is 5.77. The van der Waals surface area contributed by atoms with E-state index in [0.717, 1.165) is 13.0 Å². The molecule has 3 nitrogen and oxygen atoms in total. The number of nitrogens with zero attached hydrogens (tertiary/aromatic N) is 1. The van der Waals surface area contributed by atoms with Gasteiger partial charge in [-0.2, -0.15) is 0 Å². The van der Waals surface area contributed by atoms with E-state index in [4.69, 9.17) is 0 Å². The lowest BCUT2D eigenvalue weighted by Gasteiger charge is -2.24. The maximum Gasteiger partial charge on any atom is 0.234 e. The number of hydrogen-bond donors (Lipinski definition) is 1. The summed E-state index contributed by atoms with van der Waals surface area (Å²) in [7, 11) is 1.98. The molecule has 1 amide bonds. The monoisotopic (exact) mass is 234 g/mol. The van der Waals surface area contributed by atoms with Crippen LogP contribution in [-0.4, -0.2) is 30.9 Å². The van der Waals surface area contributed by atoms with Crippen LogP contribution in [0.2, 0.25) is 0 Å². The minimum Gasteiger partial charge on any atom is -0.355 e. The van der Waals surface area contributed by atoms with Gasteiger partial charge in [-0.3, -0.25) is 9.69 Å². The molecule has 1 aromatic carbocycles. The van der Waals surface area contributed by atoms with Gasteiger partial charge in [-0.25, -0.2) is 0 Å². The van der Waals surface area contributed by atoms with Gasteiger partial charge in [0.05, 0.1) is 6.54 Å². The van der Waals surface area contributed by atoms with E-state index in [1.54, 1.807) is 0 Å². The molecule has 0 aliphatic heterocycles. The Morgan fingerprint density at radius 2 is 2.00 bits per heavy atom. The molecule has 94 valence electrons. The molecule has 0 heterocycles. The normalized spacial score (nSPS) is 12.5. The fraction of sp³-hybridized carbons (Fsp3) is 0.500. The molecule has 0 radical (unpaired) electrons. The molecule has 0 bridgehead atoms. The molecule has 1 N–H and O–H groups in total. The average Bonchev–Trinajstić information content (AvgIpc) is 2.36. The van der Waals surface area contributed by atoms with E-state index in [-0.39, 0.29) is 11.9 Å². The van der Waals surface area contributed by atoms with Crippen LogP contribution in [0, 0.1) is 0 Å². The Balaban J connectivity index is 2.47. The Morgan fingerprint density at radius 1 is 1.35 bits per heavy atom. The maximum atomic E-state index is 11.6. The van der Waals surface area contributed by atoms with Crippen molar-refractivity contribution in [3.8, 4) is 0 Å². The molecule has 0 saturated carbocycles. The molecule has 0 aromatic heterocycles. The molecule has 17 heavy (non-hydrogen) atoms. The van der Waals surface area contributed by atoms with E-state index >= 15 is 0 Å². The summed E-state index contributed by atoms with van der Waals surface area (Å²) in [6.07, 6.45) is 0.976. The number of benzene rings is 1. The topological polar surface area (TPSA) is 32.3 Å². The van der Waals surface area contributed by atoms with E-state index in [2.05, 4.69) is 36.2 Å². The first-order valence-corrected chi connectivity index (χ1v) is 6.17. The van der Waals surface area contributed by atoms with Crippen molar-refractivity contribution in [2.75, 3.05) is 20.1 Å². The van der Waals surface area contributed by atoms with E-state index < -0.39 is 0 Å². The van der Waals surface area contributed by atoms with Gasteiger partial charge in [0, 0.05) is 12.6 Å². The van der Waals surface area contributed by atoms with E-state index in [1.807, 2.05) is 25.2 Å². The van der Waals surface area contributed by atoms with E-state index in [9.17, 15) is 4.79 Å². The lowest BCUT2D eigenvalue weighted by Crippen LogP contribution is -2.36. The van der Waals surface area contributed by atoms with Crippen molar-refractivity contribution < 1.29 is 4.79 Å². The Kier molecular flexibility index (Phi) is 5.70. The summed E-state index contributed by atoms with van der Waals surface area (Å²) in [5.41, 5.74) is 1.23. The van der Waals surface area contributed by atoms with E-state index in [0.29, 0.717) is 6.54 Å². The van der Waals surface area contributed by atoms with Crippen LogP contribution in [-0.2, 0) is 4.79 Å². The van der Waals surface area contributed by atoms with Crippen molar-refractivity contribution >= 4 is 5.91 Å². The van der Waals surface area contributed by atoms with Crippen LogP contribution >= 0.6 is 0 Å². The third-order valence-electron chi connectivity index (χ3n) is 2.91. The highest BCUT2D eigenvalue weighted by Crippen LogP contribution is 2.17. The molecule has 0 aliphatic rings. The van der Waals surface area contributed by atoms with Crippen LogP contribution in [0.4, 0.5) is 0 Å². The van der Waals surface area contributed by atoms with Crippen molar-refractivity contribution in [2.45, 2.75) is 26.3 Å². The number of amides is 1. The number of rotatable bonds is 6. The van der Waals surface area contributed by atoms with Crippen molar-refractivity contribution in [3.63, 3.8) is 0 Å². The quantitative estimate of drug-likeness (QED) is 0.818. The first-order chi connectivity index (χ1) is 8.15. The summed E-state index contributed by atoms with van der Waals surface area (Å²) in [5, 5.41) is 2.89. The van der Waals surface area contributed by atoms with Crippen LogP contribution in [0.1, 0.15) is 31.9 Å². The fourth-order valence-electron chi connectivity index (χ4n) is 1.67. The summed E-state index contributed by atoms with van der Waals surface area (Å²) >= 11 is 0. The van der Waals surface area contributed by atoms with Crippen LogP contribution in [0.15, 0.2) is 30.3 Å². The Labute approximate surface area is 104 Å². The predicted molar refractivity (Wildman–Crippen MR) is 70.8 cm³/mol. The number of hydrogen-bond acceptors (Lipinski definition) is 2.